The minimum atomic E-state index is -0.131. The van der Waals surface area contributed by atoms with E-state index in [1.54, 1.807) is 12.1 Å². The molecule has 5 heteroatoms. The van der Waals surface area contributed by atoms with Crippen LogP contribution >= 0.6 is 11.6 Å². The molecule has 1 aliphatic rings. The fourth-order valence-corrected chi connectivity index (χ4v) is 1.96. The molecule has 104 valence electrons. The molecule has 1 aliphatic carbocycles. The second kappa shape index (κ2) is 6.87. The largest absolute Gasteiger partial charge is 0.379 e. The number of amides is 1. The highest BCUT2D eigenvalue weighted by Crippen LogP contribution is 2.28. The zero-order valence-corrected chi connectivity index (χ0v) is 11.9. The number of halogens is 1. The van der Waals surface area contributed by atoms with Gasteiger partial charge in [0, 0.05) is 24.4 Å². The Morgan fingerprint density at radius 2 is 2.32 bits per heavy atom. The molecule has 19 heavy (non-hydrogen) atoms. The fourth-order valence-electron chi connectivity index (χ4n) is 1.74. The molecule has 1 fully saturated rings. The smallest absolute Gasteiger partial charge is 0.251 e. The number of nitrogens with zero attached hydrogens (tertiary/aromatic N) is 1. The number of carbonyl (C=O) groups excluding carboxylic acids is 1. The molecule has 1 N–H and O–H groups in total. The predicted molar refractivity (Wildman–Crippen MR) is 74.5 cm³/mol. The van der Waals surface area contributed by atoms with E-state index in [0.29, 0.717) is 23.9 Å². The lowest BCUT2D eigenvalue weighted by Crippen LogP contribution is -2.27. The minimum absolute atomic E-state index is 0.131. The molecule has 0 bridgehead atoms. The van der Waals surface area contributed by atoms with E-state index in [2.05, 4.69) is 10.3 Å². The first-order valence-electron chi connectivity index (χ1n) is 6.71. The van der Waals surface area contributed by atoms with Crippen LogP contribution in [0.15, 0.2) is 12.1 Å². The van der Waals surface area contributed by atoms with Crippen LogP contribution in [0.1, 0.15) is 35.8 Å². The van der Waals surface area contributed by atoms with Crippen LogP contribution in [0.25, 0.3) is 0 Å². The molecule has 1 amide bonds. The average Bonchev–Trinajstić information content (AvgIpc) is 3.21. The van der Waals surface area contributed by atoms with Crippen LogP contribution in [-0.2, 0) is 11.2 Å². The summed E-state index contributed by atoms with van der Waals surface area (Å²) >= 11 is 5.88. The van der Waals surface area contributed by atoms with Crippen molar-refractivity contribution in [1.29, 1.82) is 0 Å². The number of nitrogens with one attached hydrogen (secondary N) is 1. The van der Waals surface area contributed by atoms with E-state index in [4.69, 9.17) is 16.3 Å². The number of aromatic nitrogens is 1. The third-order valence-electron chi connectivity index (χ3n) is 3.05. The van der Waals surface area contributed by atoms with Crippen LogP contribution < -0.4 is 5.32 Å². The maximum atomic E-state index is 11.9. The maximum absolute atomic E-state index is 11.9. The van der Waals surface area contributed by atoms with Gasteiger partial charge < -0.3 is 10.1 Å². The number of ether oxygens (including phenoxy) is 1. The molecule has 0 spiro atoms. The third kappa shape index (κ3) is 4.80. The van der Waals surface area contributed by atoms with Gasteiger partial charge in [0.1, 0.15) is 5.15 Å². The third-order valence-corrected chi connectivity index (χ3v) is 3.25. The summed E-state index contributed by atoms with van der Waals surface area (Å²) in [5, 5.41) is 3.18. The van der Waals surface area contributed by atoms with E-state index in [0.717, 1.165) is 24.6 Å². The normalized spacial score (nSPS) is 14.4. The summed E-state index contributed by atoms with van der Waals surface area (Å²) in [6, 6.07) is 3.35. The van der Waals surface area contributed by atoms with Crippen molar-refractivity contribution in [3.63, 3.8) is 0 Å². The lowest BCUT2D eigenvalue weighted by Gasteiger charge is -2.07. The number of hydrogen-bond acceptors (Lipinski definition) is 3. The first kappa shape index (κ1) is 14.3. The Morgan fingerprint density at radius 1 is 1.53 bits per heavy atom. The molecule has 2 rings (SSSR count). The zero-order chi connectivity index (χ0) is 13.7. The molecule has 1 aromatic heterocycles. The van der Waals surface area contributed by atoms with Gasteiger partial charge in [0.25, 0.3) is 5.91 Å². The summed E-state index contributed by atoms with van der Waals surface area (Å²) < 4.78 is 5.46. The van der Waals surface area contributed by atoms with E-state index in [1.807, 2.05) is 6.92 Å². The number of pyridine rings is 1. The summed E-state index contributed by atoms with van der Waals surface area (Å²) in [5.74, 6) is 0.621. The highest BCUT2D eigenvalue weighted by Gasteiger charge is 2.20. The van der Waals surface area contributed by atoms with Crippen LogP contribution in [0.2, 0.25) is 5.15 Å². The molecular weight excluding hydrogens is 264 g/mol. The van der Waals surface area contributed by atoms with Crippen LogP contribution in [0.5, 0.6) is 0 Å². The van der Waals surface area contributed by atoms with E-state index >= 15 is 0 Å². The first-order chi connectivity index (χ1) is 9.19. The van der Waals surface area contributed by atoms with Gasteiger partial charge in [-0.2, -0.15) is 0 Å². The number of rotatable bonds is 7. The molecule has 1 aromatic rings. The quantitative estimate of drug-likeness (QED) is 0.617. The van der Waals surface area contributed by atoms with Crippen molar-refractivity contribution in [3.05, 3.63) is 28.5 Å². The molecule has 1 heterocycles. The van der Waals surface area contributed by atoms with E-state index in [9.17, 15) is 4.79 Å². The van der Waals surface area contributed by atoms with Gasteiger partial charge in [0.15, 0.2) is 0 Å². The van der Waals surface area contributed by atoms with Crippen LogP contribution in [0.4, 0.5) is 0 Å². The van der Waals surface area contributed by atoms with Gasteiger partial charge in [0.2, 0.25) is 0 Å². The lowest BCUT2D eigenvalue weighted by molar-refractivity contribution is 0.0906. The van der Waals surface area contributed by atoms with Gasteiger partial charge in [-0.3, -0.25) is 4.79 Å². The minimum Gasteiger partial charge on any atom is -0.379 e. The second-order valence-electron chi connectivity index (χ2n) is 4.80. The van der Waals surface area contributed by atoms with Crippen LogP contribution in [0, 0.1) is 5.92 Å². The van der Waals surface area contributed by atoms with Crippen molar-refractivity contribution >= 4 is 17.5 Å². The van der Waals surface area contributed by atoms with Gasteiger partial charge >= 0.3 is 0 Å². The molecular formula is C14H19ClN2O2. The van der Waals surface area contributed by atoms with Gasteiger partial charge in [0.05, 0.1) is 6.61 Å². The Kier molecular flexibility index (Phi) is 5.16. The Bertz CT molecular complexity index is 447. The molecule has 0 aromatic carbocycles. The number of hydrogen-bond donors (Lipinski definition) is 1. The van der Waals surface area contributed by atoms with E-state index < -0.39 is 0 Å². The highest BCUT2D eigenvalue weighted by atomic mass is 35.5. The van der Waals surface area contributed by atoms with Crippen molar-refractivity contribution in [2.75, 3.05) is 19.8 Å². The Hall–Kier alpha value is -1.13. The maximum Gasteiger partial charge on any atom is 0.251 e. The first-order valence-corrected chi connectivity index (χ1v) is 7.09. The Labute approximate surface area is 118 Å². The Balaban J connectivity index is 1.76. The van der Waals surface area contributed by atoms with Crippen LogP contribution in [0.3, 0.4) is 0 Å². The summed E-state index contributed by atoms with van der Waals surface area (Å²) in [7, 11) is 0. The van der Waals surface area contributed by atoms with E-state index in [-0.39, 0.29) is 5.91 Å². The van der Waals surface area contributed by atoms with Crippen molar-refractivity contribution in [2.24, 2.45) is 5.92 Å². The average molecular weight is 283 g/mol. The van der Waals surface area contributed by atoms with Crippen molar-refractivity contribution in [3.8, 4) is 0 Å². The summed E-state index contributed by atoms with van der Waals surface area (Å²) in [6.45, 7) is 3.87. The van der Waals surface area contributed by atoms with Gasteiger partial charge in [-0.1, -0.05) is 18.5 Å². The standard InChI is InChI=1S/C14H19ClN2O2/c1-2-12-7-11(8-13(15)17-12)14(18)16-5-6-19-9-10-3-4-10/h7-8,10H,2-6,9H2,1H3,(H,16,18). The topological polar surface area (TPSA) is 51.2 Å². The van der Waals surface area contributed by atoms with Crippen molar-refractivity contribution in [2.45, 2.75) is 26.2 Å². The Morgan fingerprint density at radius 3 is 3.00 bits per heavy atom. The summed E-state index contributed by atoms with van der Waals surface area (Å²) in [5.41, 5.74) is 1.38. The molecule has 0 unspecified atom stereocenters. The molecule has 0 aliphatic heterocycles. The molecule has 0 radical (unpaired) electrons. The van der Waals surface area contributed by atoms with Gasteiger partial charge in [-0.05, 0) is 37.3 Å². The number of aryl methyl sites for hydroxylation is 1. The van der Waals surface area contributed by atoms with Gasteiger partial charge in [-0.15, -0.1) is 0 Å². The highest BCUT2D eigenvalue weighted by molar-refractivity contribution is 6.29. The summed E-state index contributed by atoms with van der Waals surface area (Å²) in [6.07, 6.45) is 3.31. The monoisotopic (exact) mass is 282 g/mol. The fraction of sp³-hybridized carbons (Fsp3) is 0.571. The lowest BCUT2D eigenvalue weighted by atomic mass is 10.2. The zero-order valence-electron chi connectivity index (χ0n) is 11.1. The molecule has 4 nitrogen and oxygen atoms in total. The molecule has 0 saturated heterocycles. The van der Waals surface area contributed by atoms with E-state index in [1.165, 1.54) is 12.8 Å². The molecule has 0 atom stereocenters. The second-order valence-corrected chi connectivity index (χ2v) is 5.18. The molecule has 1 saturated carbocycles. The SMILES string of the molecule is CCc1cc(C(=O)NCCOCC2CC2)cc(Cl)n1. The van der Waals surface area contributed by atoms with Gasteiger partial charge in [-0.25, -0.2) is 4.98 Å². The summed E-state index contributed by atoms with van der Waals surface area (Å²) in [4.78, 5) is 16.1. The van der Waals surface area contributed by atoms with Crippen molar-refractivity contribution in [1.82, 2.24) is 10.3 Å². The number of carbonyl (C=O) groups is 1. The van der Waals surface area contributed by atoms with Crippen molar-refractivity contribution < 1.29 is 9.53 Å². The predicted octanol–water partition coefficient (Wildman–Crippen LogP) is 2.45. The van der Waals surface area contributed by atoms with Crippen LogP contribution in [-0.4, -0.2) is 30.6 Å².